The molecule has 1 aromatic carbocycles. The third kappa shape index (κ3) is 3.74. The minimum atomic E-state index is -0.475. The zero-order chi connectivity index (χ0) is 15.2. The lowest BCUT2D eigenvalue weighted by Gasteiger charge is -2.33. The van der Waals surface area contributed by atoms with Crippen LogP contribution in [0.3, 0.4) is 0 Å². The van der Waals surface area contributed by atoms with E-state index in [1.165, 1.54) is 7.11 Å². The first-order valence-electron chi connectivity index (χ1n) is 7.19. The summed E-state index contributed by atoms with van der Waals surface area (Å²) in [5, 5.41) is 0. The van der Waals surface area contributed by atoms with Crippen LogP contribution in [0.15, 0.2) is 24.3 Å². The Labute approximate surface area is 124 Å². The van der Waals surface area contributed by atoms with Crippen LogP contribution in [0.5, 0.6) is 5.75 Å². The average molecular weight is 291 g/mol. The largest absolute Gasteiger partial charge is 0.484 e. The highest BCUT2D eigenvalue weighted by Gasteiger charge is 2.32. The second kappa shape index (κ2) is 7.11. The van der Waals surface area contributed by atoms with Gasteiger partial charge in [-0.1, -0.05) is 18.2 Å². The van der Waals surface area contributed by atoms with Crippen LogP contribution in [0, 0.1) is 6.92 Å². The molecule has 1 amide bonds. The number of nitrogens with zero attached hydrogens (tertiary/aromatic N) is 1. The van der Waals surface area contributed by atoms with E-state index >= 15 is 0 Å². The molecule has 1 heterocycles. The maximum atomic E-state index is 12.3. The van der Waals surface area contributed by atoms with Gasteiger partial charge in [0.15, 0.2) is 6.61 Å². The Morgan fingerprint density at radius 2 is 2.05 bits per heavy atom. The highest BCUT2D eigenvalue weighted by molar-refractivity contribution is 5.85. The molecular weight excluding hydrogens is 270 g/mol. The molecule has 0 spiro atoms. The molecule has 1 aromatic rings. The van der Waals surface area contributed by atoms with E-state index in [0.29, 0.717) is 18.7 Å². The van der Waals surface area contributed by atoms with Crippen LogP contribution in [-0.2, 0) is 14.3 Å². The summed E-state index contributed by atoms with van der Waals surface area (Å²) in [6, 6.07) is 7.07. The van der Waals surface area contributed by atoms with Gasteiger partial charge in [0, 0.05) is 6.54 Å². The molecule has 0 saturated carbocycles. The number of ether oxygens (including phenoxy) is 2. The molecule has 1 atom stereocenters. The molecule has 5 heteroatoms. The lowest BCUT2D eigenvalue weighted by atomic mass is 10.0. The molecule has 0 aromatic heterocycles. The molecule has 1 aliphatic heterocycles. The van der Waals surface area contributed by atoms with Gasteiger partial charge in [-0.3, -0.25) is 4.79 Å². The number of para-hydroxylation sites is 1. The van der Waals surface area contributed by atoms with Crippen molar-refractivity contribution in [1.82, 2.24) is 4.90 Å². The summed E-state index contributed by atoms with van der Waals surface area (Å²) in [6.07, 6.45) is 2.49. The number of esters is 1. The number of amides is 1. The van der Waals surface area contributed by atoms with Gasteiger partial charge < -0.3 is 14.4 Å². The molecular formula is C16H21NO4. The molecule has 21 heavy (non-hydrogen) atoms. The minimum absolute atomic E-state index is 0.0572. The number of aryl methyl sites for hydroxylation is 1. The third-order valence-corrected chi connectivity index (χ3v) is 3.74. The number of likely N-dealkylation sites (tertiary alicyclic amines) is 1. The summed E-state index contributed by atoms with van der Waals surface area (Å²) in [4.78, 5) is 25.6. The van der Waals surface area contributed by atoms with E-state index in [4.69, 9.17) is 9.47 Å². The number of hydrogen-bond acceptors (Lipinski definition) is 4. The van der Waals surface area contributed by atoms with Crippen molar-refractivity contribution < 1.29 is 19.1 Å². The average Bonchev–Trinajstić information content (AvgIpc) is 2.53. The van der Waals surface area contributed by atoms with Gasteiger partial charge in [-0.2, -0.15) is 0 Å². The number of piperidine rings is 1. The molecule has 5 nitrogen and oxygen atoms in total. The zero-order valence-electron chi connectivity index (χ0n) is 12.5. The normalized spacial score (nSPS) is 18.2. The summed E-state index contributed by atoms with van der Waals surface area (Å²) >= 11 is 0. The van der Waals surface area contributed by atoms with E-state index in [1.54, 1.807) is 4.90 Å². The maximum Gasteiger partial charge on any atom is 0.328 e. The van der Waals surface area contributed by atoms with E-state index in [1.807, 2.05) is 31.2 Å². The lowest BCUT2D eigenvalue weighted by Crippen LogP contribution is -2.50. The van der Waals surface area contributed by atoms with Crippen LogP contribution in [-0.4, -0.2) is 43.1 Å². The van der Waals surface area contributed by atoms with Gasteiger partial charge in [0.25, 0.3) is 5.91 Å². The monoisotopic (exact) mass is 291 g/mol. The number of methoxy groups -OCH3 is 1. The summed E-state index contributed by atoms with van der Waals surface area (Å²) in [5.41, 5.74) is 0.980. The topological polar surface area (TPSA) is 55.8 Å². The predicted octanol–water partition coefficient (Wildman–Crippen LogP) is 1.93. The Hall–Kier alpha value is -2.04. The Kier molecular flexibility index (Phi) is 5.20. The van der Waals surface area contributed by atoms with Crippen molar-refractivity contribution >= 4 is 11.9 Å². The Morgan fingerprint density at radius 1 is 1.29 bits per heavy atom. The van der Waals surface area contributed by atoms with E-state index in [-0.39, 0.29) is 18.5 Å². The van der Waals surface area contributed by atoms with Crippen LogP contribution in [0.25, 0.3) is 0 Å². The zero-order valence-corrected chi connectivity index (χ0v) is 12.5. The molecule has 0 aliphatic carbocycles. The molecule has 1 aliphatic rings. The number of carbonyl (C=O) groups is 2. The highest BCUT2D eigenvalue weighted by Crippen LogP contribution is 2.20. The smallest absolute Gasteiger partial charge is 0.328 e. The molecule has 1 unspecified atom stereocenters. The van der Waals surface area contributed by atoms with Crippen molar-refractivity contribution in [2.24, 2.45) is 0 Å². The lowest BCUT2D eigenvalue weighted by molar-refractivity contribution is -0.155. The maximum absolute atomic E-state index is 12.3. The van der Waals surface area contributed by atoms with Gasteiger partial charge in [0.1, 0.15) is 11.8 Å². The van der Waals surface area contributed by atoms with Crippen molar-refractivity contribution in [2.75, 3.05) is 20.3 Å². The van der Waals surface area contributed by atoms with Crippen molar-refractivity contribution in [1.29, 1.82) is 0 Å². The molecule has 0 N–H and O–H groups in total. The number of carbonyl (C=O) groups excluding carboxylic acids is 2. The molecule has 1 fully saturated rings. The molecule has 2 rings (SSSR count). The summed E-state index contributed by atoms with van der Waals surface area (Å²) < 4.78 is 10.3. The van der Waals surface area contributed by atoms with Gasteiger partial charge in [-0.15, -0.1) is 0 Å². The van der Waals surface area contributed by atoms with E-state index < -0.39 is 6.04 Å². The van der Waals surface area contributed by atoms with Gasteiger partial charge in [-0.25, -0.2) is 4.79 Å². The Morgan fingerprint density at radius 3 is 2.76 bits per heavy atom. The van der Waals surface area contributed by atoms with Crippen molar-refractivity contribution in [3.63, 3.8) is 0 Å². The third-order valence-electron chi connectivity index (χ3n) is 3.74. The molecule has 0 radical (unpaired) electrons. The molecule has 114 valence electrons. The first-order valence-corrected chi connectivity index (χ1v) is 7.19. The fraction of sp³-hybridized carbons (Fsp3) is 0.500. The number of benzene rings is 1. The van der Waals surface area contributed by atoms with Crippen LogP contribution in [0.4, 0.5) is 0 Å². The predicted molar refractivity (Wildman–Crippen MR) is 78.0 cm³/mol. The summed E-state index contributed by atoms with van der Waals surface area (Å²) in [7, 11) is 1.35. The van der Waals surface area contributed by atoms with E-state index in [0.717, 1.165) is 18.4 Å². The first kappa shape index (κ1) is 15.4. The van der Waals surface area contributed by atoms with Crippen molar-refractivity contribution in [3.8, 4) is 5.75 Å². The van der Waals surface area contributed by atoms with Crippen LogP contribution >= 0.6 is 0 Å². The summed E-state index contributed by atoms with van der Waals surface area (Å²) in [5.74, 6) is 0.171. The van der Waals surface area contributed by atoms with Gasteiger partial charge in [0.05, 0.1) is 7.11 Å². The van der Waals surface area contributed by atoms with Crippen LogP contribution in [0.2, 0.25) is 0 Å². The van der Waals surface area contributed by atoms with Crippen molar-refractivity contribution in [2.45, 2.75) is 32.2 Å². The quantitative estimate of drug-likeness (QED) is 0.795. The second-order valence-electron chi connectivity index (χ2n) is 5.18. The van der Waals surface area contributed by atoms with Gasteiger partial charge in [0.2, 0.25) is 0 Å². The molecule has 0 bridgehead atoms. The van der Waals surface area contributed by atoms with Crippen molar-refractivity contribution in [3.05, 3.63) is 29.8 Å². The van der Waals surface area contributed by atoms with Crippen LogP contribution in [0.1, 0.15) is 24.8 Å². The first-order chi connectivity index (χ1) is 10.1. The standard InChI is InChI=1S/C16H21NO4/c1-12-7-3-4-9-14(12)21-11-15(18)17-10-6-5-8-13(17)16(19)20-2/h3-4,7,9,13H,5-6,8,10-11H2,1-2H3. The van der Waals surface area contributed by atoms with E-state index in [9.17, 15) is 9.59 Å². The van der Waals surface area contributed by atoms with Gasteiger partial charge in [-0.05, 0) is 37.8 Å². The van der Waals surface area contributed by atoms with Gasteiger partial charge >= 0.3 is 5.97 Å². The minimum Gasteiger partial charge on any atom is -0.484 e. The Balaban J connectivity index is 1.98. The number of hydrogen-bond donors (Lipinski definition) is 0. The number of rotatable bonds is 4. The summed E-state index contributed by atoms with van der Waals surface area (Å²) in [6.45, 7) is 2.45. The Bertz CT molecular complexity index is 515. The molecule has 1 saturated heterocycles. The second-order valence-corrected chi connectivity index (χ2v) is 5.18. The SMILES string of the molecule is COC(=O)C1CCCCN1C(=O)COc1ccccc1C. The fourth-order valence-electron chi connectivity index (χ4n) is 2.55. The highest BCUT2D eigenvalue weighted by atomic mass is 16.5. The fourth-order valence-corrected chi connectivity index (χ4v) is 2.55. The van der Waals surface area contributed by atoms with Crippen LogP contribution < -0.4 is 4.74 Å². The van der Waals surface area contributed by atoms with E-state index in [2.05, 4.69) is 0 Å².